The molecule has 0 fully saturated rings. The third-order valence-corrected chi connectivity index (χ3v) is 2.26. The molecule has 5 nitrogen and oxygen atoms in total. The van der Waals surface area contributed by atoms with E-state index in [4.69, 9.17) is 4.74 Å². The van der Waals surface area contributed by atoms with Crippen molar-refractivity contribution in [3.05, 3.63) is 0 Å². The first kappa shape index (κ1) is 11.3. The van der Waals surface area contributed by atoms with Crippen molar-refractivity contribution in [1.29, 1.82) is 0 Å². The van der Waals surface area contributed by atoms with Crippen LogP contribution in [-0.2, 0) is 19.0 Å². The third kappa shape index (κ3) is 3.64. The summed E-state index contributed by atoms with van der Waals surface area (Å²) < 4.78 is 13.5. The van der Waals surface area contributed by atoms with Crippen LogP contribution in [0.2, 0.25) is 0 Å². The zero-order valence-electron chi connectivity index (χ0n) is 7.12. The molecule has 12 heavy (non-hydrogen) atoms. The van der Waals surface area contributed by atoms with Gasteiger partial charge in [-0.3, -0.25) is 0 Å². The van der Waals surface area contributed by atoms with Gasteiger partial charge in [0.25, 0.3) is 0 Å². The van der Waals surface area contributed by atoms with Crippen molar-refractivity contribution in [2.45, 2.75) is 5.85 Å². The second-order valence-electron chi connectivity index (χ2n) is 1.77. The van der Waals surface area contributed by atoms with Gasteiger partial charge in [-0.2, -0.15) is 0 Å². The lowest BCUT2D eigenvalue weighted by Gasteiger charge is -2.10. The van der Waals surface area contributed by atoms with Crippen molar-refractivity contribution in [2.75, 3.05) is 21.3 Å². The van der Waals surface area contributed by atoms with Crippen molar-refractivity contribution < 1.29 is 23.8 Å². The van der Waals surface area contributed by atoms with Gasteiger partial charge in [-0.15, -0.1) is 0 Å². The molecule has 0 spiro atoms. The molecule has 0 saturated carbocycles. The molecule has 0 heterocycles. The Balaban J connectivity index is 3.99. The second-order valence-corrected chi connectivity index (χ2v) is 3.00. The number of hydrogen-bond donors (Lipinski definition) is 0. The molecule has 0 aliphatic rings. The van der Waals surface area contributed by atoms with Crippen LogP contribution in [0.3, 0.4) is 0 Å². The minimum absolute atomic E-state index is 0.374. The smallest absolute Gasteiger partial charge is 0.339 e. The molecule has 0 saturated heterocycles. The highest BCUT2D eigenvalue weighted by atomic mass is 31.1. The lowest BCUT2D eigenvalue weighted by Crippen LogP contribution is -2.20. The maximum atomic E-state index is 10.8. The molecule has 2 unspecified atom stereocenters. The predicted octanol–water partition coefficient (Wildman–Crippen LogP) is 0.577. The van der Waals surface area contributed by atoms with Gasteiger partial charge in [0, 0.05) is 15.7 Å². The number of esters is 1. The average molecular weight is 194 g/mol. The Hall–Kier alpha value is -0.670. The molecule has 0 aromatic rings. The van der Waals surface area contributed by atoms with Crippen LogP contribution in [0, 0.1) is 0 Å². The molecule has 6 heteroatoms. The van der Waals surface area contributed by atoms with Crippen molar-refractivity contribution in [1.82, 2.24) is 0 Å². The van der Waals surface area contributed by atoms with Gasteiger partial charge < -0.3 is 14.2 Å². The Bertz CT molecular complexity index is 169. The fourth-order valence-corrected chi connectivity index (χ4v) is 1.17. The van der Waals surface area contributed by atoms with Crippen molar-refractivity contribution in [3.8, 4) is 0 Å². The van der Waals surface area contributed by atoms with E-state index in [1.54, 1.807) is 0 Å². The molecule has 2 atom stereocenters. The van der Waals surface area contributed by atoms with Crippen LogP contribution in [0.5, 0.6) is 0 Å². The quantitative estimate of drug-likeness (QED) is 0.483. The van der Waals surface area contributed by atoms with Crippen molar-refractivity contribution >= 4 is 20.3 Å². The van der Waals surface area contributed by atoms with E-state index < -0.39 is 17.5 Å². The van der Waals surface area contributed by atoms with Crippen LogP contribution >= 0.6 is 8.58 Å². The van der Waals surface area contributed by atoms with Gasteiger partial charge in [0.15, 0.2) is 5.85 Å². The van der Waals surface area contributed by atoms with E-state index in [-0.39, 0.29) is 8.58 Å². The standard InChI is InChI=1S/C6H11O5P/c1-9-4(7)5(10-2)12-6(8)11-3/h5,12H,1-3H3. The topological polar surface area (TPSA) is 61.8 Å². The summed E-state index contributed by atoms with van der Waals surface area (Å²) >= 11 is 0. The first-order valence-corrected chi connectivity index (χ1v) is 4.18. The summed E-state index contributed by atoms with van der Waals surface area (Å²) in [6.45, 7) is 0. The van der Waals surface area contributed by atoms with Gasteiger partial charge in [0.1, 0.15) is 0 Å². The van der Waals surface area contributed by atoms with Gasteiger partial charge in [-0.25, -0.2) is 9.59 Å². The summed E-state index contributed by atoms with van der Waals surface area (Å²) in [7, 11) is 3.44. The van der Waals surface area contributed by atoms with Crippen LogP contribution in [0.15, 0.2) is 0 Å². The van der Waals surface area contributed by atoms with E-state index in [1.165, 1.54) is 21.3 Å². The Morgan fingerprint density at radius 3 is 2.08 bits per heavy atom. The van der Waals surface area contributed by atoms with Gasteiger partial charge >= 0.3 is 11.7 Å². The highest BCUT2D eigenvalue weighted by molar-refractivity contribution is 7.58. The van der Waals surface area contributed by atoms with Gasteiger partial charge in [0.05, 0.1) is 14.2 Å². The highest BCUT2D eigenvalue weighted by Gasteiger charge is 2.22. The predicted molar refractivity (Wildman–Crippen MR) is 43.5 cm³/mol. The van der Waals surface area contributed by atoms with Crippen LogP contribution in [0.1, 0.15) is 0 Å². The minimum Gasteiger partial charge on any atom is -0.467 e. The van der Waals surface area contributed by atoms with Gasteiger partial charge in [-0.05, 0) is 0 Å². The molecule has 0 radical (unpaired) electrons. The summed E-state index contributed by atoms with van der Waals surface area (Å²) in [5.74, 6) is -1.41. The summed E-state index contributed by atoms with van der Waals surface area (Å²) in [5.41, 5.74) is -0.479. The molecule has 0 aromatic carbocycles. The lowest BCUT2D eigenvalue weighted by atomic mass is 10.7. The molecule has 0 aliphatic heterocycles. The number of carbonyl (C=O) groups excluding carboxylic acids is 2. The monoisotopic (exact) mass is 194 g/mol. The third-order valence-electron chi connectivity index (χ3n) is 1.09. The molecule has 0 rings (SSSR count). The van der Waals surface area contributed by atoms with E-state index in [0.717, 1.165) is 0 Å². The van der Waals surface area contributed by atoms with Crippen molar-refractivity contribution in [2.24, 2.45) is 0 Å². The second kappa shape index (κ2) is 5.91. The Morgan fingerprint density at radius 1 is 1.17 bits per heavy atom. The van der Waals surface area contributed by atoms with E-state index in [1.807, 2.05) is 0 Å². The lowest BCUT2D eigenvalue weighted by molar-refractivity contribution is -0.147. The van der Waals surface area contributed by atoms with E-state index in [2.05, 4.69) is 9.47 Å². The van der Waals surface area contributed by atoms with E-state index in [0.29, 0.717) is 0 Å². The zero-order chi connectivity index (χ0) is 9.56. The summed E-state index contributed by atoms with van der Waals surface area (Å²) in [5, 5.41) is 0. The summed E-state index contributed by atoms with van der Waals surface area (Å²) in [6, 6.07) is 0. The molecular formula is C6H11O5P. The molecule has 70 valence electrons. The maximum Gasteiger partial charge on any atom is 0.339 e. The largest absolute Gasteiger partial charge is 0.467 e. The van der Waals surface area contributed by atoms with E-state index in [9.17, 15) is 9.59 Å². The number of rotatable bonds is 4. The van der Waals surface area contributed by atoms with Crippen LogP contribution in [-0.4, -0.2) is 38.9 Å². The number of carbonyl (C=O) groups is 2. The highest BCUT2D eigenvalue weighted by Crippen LogP contribution is 2.22. The molecule has 0 aromatic heterocycles. The average Bonchev–Trinajstić information content (AvgIpc) is 2.12. The van der Waals surface area contributed by atoms with Crippen LogP contribution < -0.4 is 0 Å². The number of ether oxygens (including phenoxy) is 3. The molecular weight excluding hydrogens is 183 g/mol. The normalized spacial score (nSPS) is 12.9. The fourth-order valence-electron chi connectivity index (χ4n) is 0.487. The van der Waals surface area contributed by atoms with E-state index >= 15 is 0 Å². The number of methoxy groups -OCH3 is 3. The molecule has 0 N–H and O–H groups in total. The zero-order valence-corrected chi connectivity index (χ0v) is 8.12. The van der Waals surface area contributed by atoms with Crippen LogP contribution in [0.25, 0.3) is 0 Å². The SMILES string of the molecule is COC(=O)PC(OC)C(=O)OC. The number of hydrogen-bond acceptors (Lipinski definition) is 5. The maximum absolute atomic E-state index is 10.8. The molecule has 0 aliphatic carbocycles. The summed E-state index contributed by atoms with van der Waals surface area (Å²) in [4.78, 5) is 21.6. The fraction of sp³-hybridized carbons (Fsp3) is 0.667. The Morgan fingerprint density at radius 2 is 1.75 bits per heavy atom. The summed E-state index contributed by atoms with van der Waals surface area (Å²) in [6.07, 6.45) is 0. The minimum atomic E-state index is -0.845. The first-order valence-electron chi connectivity index (χ1n) is 3.10. The van der Waals surface area contributed by atoms with Gasteiger partial charge in [-0.1, -0.05) is 0 Å². The van der Waals surface area contributed by atoms with Gasteiger partial charge in [0.2, 0.25) is 0 Å². The Kier molecular flexibility index (Phi) is 5.58. The molecule has 0 amide bonds. The molecule has 0 bridgehead atoms. The van der Waals surface area contributed by atoms with Crippen molar-refractivity contribution in [3.63, 3.8) is 0 Å². The first-order chi connectivity index (χ1) is 5.65. The van der Waals surface area contributed by atoms with Crippen LogP contribution in [0.4, 0.5) is 4.79 Å². The Labute approximate surface area is 72.1 Å².